The van der Waals surface area contributed by atoms with E-state index in [1.807, 2.05) is 30.3 Å². The van der Waals surface area contributed by atoms with Crippen LogP contribution < -0.4 is 5.32 Å². The fraction of sp³-hybridized carbons (Fsp3) is 0.571. The number of nitrogens with one attached hydrogen (secondary N) is 1. The number of para-hydroxylation sites is 1. The van der Waals surface area contributed by atoms with Gasteiger partial charge in [0.2, 0.25) is 0 Å². The number of aliphatic hydroxyl groups excluding tert-OH is 1. The lowest BCUT2D eigenvalue weighted by atomic mass is 9.75. The summed E-state index contributed by atoms with van der Waals surface area (Å²) in [5.41, 5.74) is 3.06. The van der Waals surface area contributed by atoms with E-state index in [1.54, 1.807) is 0 Å². The molecule has 3 rings (SSSR count). The van der Waals surface area contributed by atoms with Crippen LogP contribution in [0.4, 0.5) is 5.69 Å². The first-order valence-electron chi connectivity index (χ1n) is 9.60. The number of benzene rings is 1. The maximum Gasteiger partial charge on any atom is 0.162 e. The Balaban J connectivity index is 1.74. The smallest absolute Gasteiger partial charge is 0.162 e. The molecule has 5 nitrogen and oxygen atoms in total. The number of piperazine rings is 1. The van der Waals surface area contributed by atoms with Crippen molar-refractivity contribution in [3.63, 3.8) is 0 Å². The molecule has 1 heterocycles. The summed E-state index contributed by atoms with van der Waals surface area (Å²) < 4.78 is 0. The van der Waals surface area contributed by atoms with Crippen molar-refractivity contribution in [1.29, 1.82) is 0 Å². The second-order valence-corrected chi connectivity index (χ2v) is 8.23. The number of carbonyl (C=O) groups excluding carboxylic acids is 1. The molecular weight excluding hydrogens is 326 g/mol. The Morgan fingerprint density at radius 1 is 1.04 bits per heavy atom. The summed E-state index contributed by atoms with van der Waals surface area (Å²) in [7, 11) is 0. The Morgan fingerprint density at radius 3 is 2.35 bits per heavy atom. The molecule has 0 saturated carbocycles. The van der Waals surface area contributed by atoms with Crippen LogP contribution in [0.5, 0.6) is 0 Å². The highest BCUT2D eigenvalue weighted by molar-refractivity contribution is 5.98. The van der Waals surface area contributed by atoms with Gasteiger partial charge in [-0.3, -0.25) is 14.6 Å². The summed E-state index contributed by atoms with van der Waals surface area (Å²) in [6.07, 6.45) is 1.51. The van der Waals surface area contributed by atoms with Gasteiger partial charge in [0.25, 0.3) is 0 Å². The Morgan fingerprint density at radius 2 is 1.69 bits per heavy atom. The van der Waals surface area contributed by atoms with E-state index in [0.29, 0.717) is 6.42 Å². The van der Waals surface area contributed by atoms with Crippen molar-refractivity contribution in [2.75, 3.05) is 51.2 Å². The molecule has 1 aliphatic heterocycles. The number of anilines is 1. The van der Waals surface area contributed by atoms with Gasteiger partial charge in [0.1, 0.15) is 0 Å². The molecule has 1 aromatic carbocycles. The van der Waals surface area contributed by atoms with Crippen molar-refractivity contribution in [2.45, 2.75) is 26.7 Å². The number of allylic oxidation sites excluding steroid dienone is 1. The van der Waals surface area contributed by atoms with Crippen LogP contribution in [0.25, 0.3) is 0 Å². The van der Waals surface area contributed by atoms with Crippen molar-refractivity contribution in [3.05, 3.63) is 41.6 Å². The Labute approximate surface area is 156 Å². The van der Waals surface area contributed by atoms with Crippen LogP contribution in [0.15, 0.2) is 41.6 Å². The lowest BCUT2D eigenvalue weighted by Gasteiger charge is -2.37. The zero-order valence-corrected chi connectivity index (χ0v) is 16.0. The van der Waals surface area contributed by atoms with Gasteiger partial charge in [-0.05, 0) is 24.0 Å². The first kappa shape index (κ1) is 19.1. The lowest BCUT2D eigenvalue weighted by molar-refractivity contribution is -0.118. The van der Waals surface area contributed by atoms with Gasteiger partial charge in [-0.2, -0.15) is 0 Å². The normalized spacial score (nSPS) is 21.9. The number of nitrogens with zero attached hydrogens (tertiary/aromatic N) is 2. The van der Waals surface area contributed by atoms with E-state index in [1.165, 1.54) is 0 Å². The highest BCUT2D eigenvalue weighted by Crippen LogP contribution is 2.37. The predicted molar refractivity (Wildman–Crippen MR) is 105 cm³/mol. The average Bonchev–Trinajstić information content (AvgIpc) is 2.60. The zero-order valence-electron chi connectivity index (χ0n) is 16.0. The molecule has 0 bridgehead atoms. The second-order valence-electron chi connectivity index (χ2n) is 8.23. The minimum absolute atomic E-state index is 0.00246. The Hall–Kier alpha value is -1.69. The predicted octanol–water partition coefficient (Wildman–Crippen LogP) is 2.35. The van der Waals surface area contributed by atoms with Crippen LogP contribution in [-0.2, 0) is 4.79 Å². The van der Waals surface area contributed by atoms with Crippen molar-refractivity contribution < 1.29 is 9.90 Å². The number of hydrogen-bond donors (Lipinski definition) is 2. The SMILES string of the molecule is CC1(C)CC(=O)C(CN2CCN(CCO)CC2)=C(Nc2ccccc2)C1. The van der Waals surface area contributed by atoms with Crippen molar-refractivity contribution in [3.8, 4) is 0 Å². The number of Topliss-reactive ketones (excluding diaryl/α,β-unsaturated/α-hetero) is 1. The largest absolute Gasteiger partial charge is 0.395 e. The molecule has 2 aliphatic rings. The fourth-order valence-electron chi connectivity index (χ4n) is 3.89. The minimum atomic E-state index is -0.00246. The van der Waals surface area contributed by atoms with Crippen molar-refractivity contribution >= 4 is 11.5 Å². The molecule has 2 N–H and O–H groups in total. The van der Waals surface area contributed by atoms with Gasteiger partial charge in [0.15, 0.2) is 5.78 Å². The molecule has 0 amide bonds. The number of hydrogen-bond acceptors (Lipinski definition) is 5. The van der Waals surface area contributed by atoms with Crippen LogP contribution in [0.3, 0.4) is 0 Å². The van der Waals surface area contributed by atoms with Crippen LogP contribution in [0.2, 0.25) is 0 Å². The maximum absolute atomic E-state index is 12.9. The van der Waals surface area contributed by atoms with Gasteiger partial charge in [-0.15, -0.1) is 0 Å². The maximum atomic E-state index is 12.9. The quantitative estimate of drug-likeness (QED) is 0.819. The molecule has 0 aromatic heterocycles. The van der Waals surface area contributed by atoms with Crippen LogP contribution in [0.1, 0.15) is 26.7 Å². The number of carbonyl (C=O) groups is 1. The average molecular weight is 357 g/mol. The third kappa shape index (κ3) is 4.93. The summed E-state index contributed by atoms with van der Waals surface area (Å²) in [6, 6.07) is 10.1. The minimum Gasteiger partial charge on any atom is -0.395 e. The molecule has 0 atom stereocenters. The topological polar surface area (TPSA) is 55.8 Å². The molecular formula is C21H31N3O2. The summed E-state index contributed by atoms with van der Waals surface area (Å²) >= 11 is 0. The van der Waals surface area contributed by atoms with Gasteiger partial charge >= 0.3 is 0 Å². The molecule has 0 spiro atoms. The van der Waals surface area contributed by atoms with Gasteiger partial charge in [0.05, 0.1) is 6.61 Å². The fourth-order valence-corrected chi connectivity index (χ4v) is 3.89. The molecule has 1 fully saturated rings. The highest BCUT2D eigenvalue weighted by Gasteiger charge is 2.34. The van der Waals surface area contributed by atoms with Crippen LogP contribution in [-0.4, -0.2) is 66.6 Å². The standard InChI is InChI=1S/C21H31N3O2/c1-21(2)14-19(22-17-6-4-3-5-7-17)18(20(26)15-21)16-24-10-8-23(9-11-24)12-13-25/h3-7,22,25H,8-16H2,1-2H3. The molecule has 5 heteroatoms. The molecule has 0 radical (unpaired) electrons. The van der Waals surface area contributed by atoms with E-state index in [-0.39, 0.29) is 17.8 Å². The first-order valence-corrected chi connectivity index (χ1v) is 9.60. The third-order valence-electron chi connectivity index (χ3n) is 5.33. The number of β-amino-alcohol motifs (C(OH)–C–C–N with tert-alkyl or cyclic N) is 1. The van der Waals surface area contributed by atoms with E-state index in [4.69, 9.17) is 5.11 Å². The summed E-state index contributed by atoms with van der Waals surface area (Å²) in [6.45, 7) is 9.80. The Bertz CT molecular complexity index is 646. The molecule has 142 valence electrons. The lowest BCUT2D eigenvalue weighted by Crippen LogP contribution is -2.48. The first-order chi connectivity index (χ1) is 12.5. The van der Waals surface area contributed by atoms with E-state index < -0.39 is 0 Å². The third-order valence-corrected chi connectivity index (χ3v) is 5.33. The number of ketones is 1. The summed E-state index contributed by atoms with van der Waals surface area (Å²) in [5.74, 6) is 0.275. The van der Waals surface area contributed by atoms with Gasteiger partial charge in [-0.25, -0.2) is 0 Å². The highest BCUT2D eigenvalue weighted by atomic mass is 16.3. The van der Waals surface area contributed by atoms with Gasteiger partial charge in [0, 0.05) is 62.6 Å². The van der Waals surface area contributed by atoms with Crippen LogP contribution in [0, 0.1) is 5.41 Å². The summed E-state index contributed by atoms with van der Waals surface area (Å²) in [4.78, 5) is 17.5. The molecule has 1 aromatic rings. The van der Waals surface area contributed by atoms with E-state index in [2.05, 4.69) is 29.0 Å². The van der Waals surface area contributed by atoms with E-state index >= 15 is 0 Å². The Kier molecular flexibility index (Phi) is 6.12. The van der Waals surface area contributed by atoms with Gasteiger partial charge < -0.3 is 10.4 Å². The number of rotatable bonds is 6. The van der Waals surface area contributed by atoms with E-state index in [9.17, 15) is 4.79 Å². The number of aliphatic hydroxyl groups is 1. The molecule has 26 heavy (non-hydrogen) atoms. The van der Waals surface area contributed by atoms with Crippen molar-refractivity contribution in [1.82, 2.24) is 9.80 Å². The van der Waals surface area contributed by atoms with Crippen LogP contribution >= 0.6 is 0 Å². The summed E-state index contributed by atoms with van der Waals surface area (Å²) in [5, 5.41) is 12.6. The van der Waals surface area contributed by atoms with E-state index in [0.717, 1.165) is 62.6 Å². The second kappa shape index (κ2) is 8.33. The monoisotopic (exact) mass is 357 g/mol. The molecule has 1 saturated heterocycles. The zero-order chi connectivity index (χ0) is 18.6. The van der Waals surface area contributed by atoms with Crippen molar-refractivity contribution in [2.24, 2.45) is 5.41 Å². The van der Waals surface area contributed by atoms with Gasteiger partial charge in [-0.1, -0.05) is 32.0 Å². The molecule has 0 unspecified atom stereocenters. The molecule has 1 aliphatic carbocycles.